The summed E-state index contributed by atoms with van der Waals surface area (Å²) < 4.78 is 46.4. The highest BCUT2D eigenvalue weighted by molar-refractivity contribution is 7.44. The van der Waals surface area contributed by atoms with E-state index in [0.717, 1.165) is 0 Å². The summed E-state index contributed by atoms with van der Waals surface area (Å²) in [6.07, 6.45) is -1.28. The van der Waals surface area contributed by atoms with Crippen molar-refractivity contribution in [3.63, 3.8) is 0 Å². The van der Waals surface area contributed by atoms with Gasteiger partial charge >= 0.3 is 17.1 Å². The number of aromatic nitrogens is 4. The Balaban J connectivity index is 1.95. The summed E-state index contributed by atoms with van der Waals surface area (Å²) in [4.78, 5) is 37.7. The SMILES string of the molecule is CC(C)C(=O)Nc1nc2c(ncn2[C@@H]2O[C@@H]3CO[Si](C(C)C)(C(C)C)O[Si](C(C)C)(C(C)C)O[C@H]3[C@H]2OP(OCCC#N)N(C(C)C)C(C)C)c(=O)[nH]1. The lowest BCUT2D eigenvalue weighted by Crippen LogP contribution is -2.65. The zero-order valence-corrected chi connectivity index (χ0v) is 36.9. The number of imidazole rings is 1. The van der Waals surface area contributed by atoms with Crippen LogP contribution in [0.4, 0.5) is 5.95 Å². The number of fused-ring (bicyclic) bond motifs is 2. The Hall–Kier alpha value is -2.11. The van der Waals surface area contributed by atoms with Gasteiger partial charge in [-0.05, 0) is 49.9 Å². The van der Waals surface area contributed by atoms with E-state index in [1.807, 2.05) is 0 Å². The van der Waals surface area contributed by atoms with E-state index in [9.17, 15) is 14.9 Å². The molecule has 0 spiro atoms. The Labute approximate surface area is 318 Å². The molecule has 1 unspecified atom stereocenters. The number of carbonyl (C=O) groups excluding carboxylic acids is 1. The van der Waals surface area contributed by atoms with Crippen molar-refractivity contribution in [3.8, 4) is 6.07 Å². The van der Waals surface area contributed by atoms with Crippen molar-refractivity contribution in [1.29, 1.82) is 5.26 Å². The zero-order chi connectivity index (χ0) is 39.6. The minimum Gasteiger partial charge on any atom is -0.414 e. The molecule has 0 saturated carbocycles. The summed E-state index contributed by atoms with van der Waals surface area (Å²) in [6.45, 7) is 29.5. The van der Waals surface area contributed by atoms with Crippen molar-refractivity contribution >= 4 is 48.7 Å². The first-order valence-electron chi connectivity index (χ1n) is 19.0. The predicted octanol–water partition coefficient (Wildman–Crippen LogP) is 7.23. The zero-order valence-electron chi connectivity index (χ0n) is 34.0. The smallest absolute Gasteiger partial charge is 0.335 e. The second-order valence-electron chi connectivity index (χ2n) is 16.1. The summed E-state index contributed by atoms with van der Waals surface area (Å²) in [5, 5.41) is 12.1. The third kappa shape index (κ3) is 8.98. The average Bonchev–Trinajstić information content (AvgIpc) is 3.61. The number of H-pyrrole nitrogens is 1. The summed E-state index contributed by atoms with van der Waals surface area (Å²) in [5.41, 5.74) is 0.148. The van der Waals surface area contributed by atoms with Gasteiger partial charge in [-0.15, -0.1) is 0 Å². The van der Waals surface area contributed by atoms with Gasteiger partial charge in [0, 0.05) is 18.0 Å². The molecule has 2 aliphatic rings. The number of rotatable bonds is 15. The van der Waals surface area contributed by atoms with E-state index in [1.165, 1.54) is 6.33 Å². The average molecular weight is 796 g/mol. The number of nitrogens with zero attached hydrogens (tertiary/aromatic N) is 5. The summed E-state index contributed by atoms with van der Waals surface area (Å²) in [6, 6.07) is 2.25. The lowest BCUT2D eigenvalue weighted by Gasteiger charge is -2.51. The predicted molar refractivity (Wildman–Crippen MR) is 209 cm³/mol. The molecule has 0 radical (unpaired) electrons. The van der Waals surface area contributed by atoms with Crippen molar-refractivity contribution in [1.82, 2.24) is 24.2 Å². The van der Waals surface area contributed by atoms with E-state index < -0.39 is 55.7 Å². The molecule has 2 aromatic rings. The van der Waals surface area contributed by atoms with Gasteiger partial charge in [-0.1, -0.05) is 69.2 Å². The van der Waals surface area contributed by atoms with Crippen molar-refractivity contribution in [2.45, 2.75) is 162 Å². The molecule has 4 rings (SSSR count). The Morgan fingerprint density at radius 1 is 1.04 bits per heavy atom. The molecule has 1 amide bonds. The number of hydrogen-bond donors (Lipinski definition) is 2. The number of nitriles is 1. The molecule has 0 aromatic carbocycles. The van der Waals surface area contributed by atoms with Gasteiger partial charge in [0.05, 0.1) is 32.0 Å². The topological polar surface area (TPSA) is 175 Å². The van der Waals surface area contributed by atoms with Gasteiger partial charge in [-0.3, -0.25) is 24.5 Å². The third-order valence-corrected chi connectivity index (χ3v) is 22.3. The number of ether oxygens (including phenoxy) is 1. The van der Waals surface area contributed by atoms with E-state index in [4.69, 9.17) is 26.8 Å². The van der Waals surface area contributed by atoms with Crippen molar-refractivity contribution in [2.24, 2.45) is 5.92 Å². The normalized spacial score (nSPS) is 23.8. The standard InChI is InChI=1S/C35H62N7O8PSi2/c1-20(2)32(43)39-35-38-31-28(33(44)40-35)37-19-41(31)34-30(48-51(45-17-15-16-36)42(21(3)4)22(5)6)29-27(47-34)18-46-52(23(7)8,24(9)10)50-53(49-29,25(11)12)26(13)14/h19-27,29-30,34H,15,17-18H2,1-14H3,(H2,38,39,40,43,44)/t27-,29-,30-,34-,51?/m1/s1. The Bertz CT molecular complexity index is 1620. The highest BCUT2D eigenvalue weighted by Gasteiger charge is 2.62. The van der Waals surface area contributed by atoms with Crippen LogP contribution < -0.4 is 10.9 Å². The van der Waals surface area contributed by atoms with Gasteiger partial charge in [0.25, 0.3) is 14.1 Å². The molecular weight excluding hydrogens is 734 g/mol. The first-order chi connectivity index (χ1) is 24.8. The number of amides is 1. The van der Waals surface area contributed by atoms with Crippen molar-refractivity contribution in [2.75, 3.05) is 18.5 Å². The maximum atomic E-state index is 13.3. The van der Waals surface area contributed by atoms with Crippen molar-refractivity contribution < 1.29 is 31.5 Å². The second kappa shape index (κ2) is 17.8. The largest absolute Gasteiger partial charge is 0.414 e. The van der Waals surface area contributed by atoms with E-state index in [1.54, 1.807) is 18.4 Å². The molecule has 2 saturated heterocycles. The van der Waals surface area contributed by atoms with Crippen LogP contribution in [0.5, 0.6) is 0 Å². The van der Waals surface area contributed by atoms with Crippen LogP contribution in [0.2, 0.25) is 22.2 Å². The van der Waals surface area contributed by atoms with Crippen LogP contribution in [0.25, 0.3) is 11.2 Å². The fraction of sp³-hybridized carbons (Fsp3) is 0.800. The van der Waals surface area contributed by atoms with E-state index in [-0.39, 0.29) is 82.8 Å². The summed E-state index contributed by atoms with van der Waals surface area (Å²) >= 11 is 0. The highest BCUT2D eigenvalue weighted by atomic mass is 31.2. The van der Waals surface area contributed by atoms with Gasteiger partial charge in [-0.2, -0.15) is 10.2 Å². The number of anilines is 1. The van der Waals surface area contributed by atoms with Crippen LogP contribution in [-0.4, -0.2) is 90.8 Å². The fourth-order valence-electron chi connectivity index (χ4n) is 7.29. The minimum atomic E-state index is -3.13. The summed E-state index contributed by atoms with van der Waals surface area (Å²) in [7, 11) is -7.80. The van der Waals surface area contributed by atoms with Crippen molar-refractivity contribution in [3.05, 3.63) is 16.7 Å². The molecule has 2 fully saturated rings. The van der Waals surface area contributed by atoms with Gasteiger partial charge in [0.1, 0.15) is 18.3 Å². The van der Waals surface area contributed by atoms with Crippen LogP contribution >= 0.6 is 8.53 Å². The van der Waals surface area contributed by atoms with Gasteiger partial charge in [0.15, 0.2) is 17.4 Å². The minimum absolute atomic E-state index is 0.000911. The Kier molecular flexibility index (Phi) is 14.6. The molecule has 2 aliphatic heterocycles. The molecule has 5 atom stereocenters. The monoisotopic (exact) mass is 795 g/mol. The second-order valence-corrected chi connectivity index (χ2v) is 26.4. The van der Waals surface area contributed by atoms with Gasteiger partial charge < -0.3 is 26.8 Å². The molecule has 18 heteroatoms. The molecule has 0 aliphatic carbocycles. The van der Waals surface area contributed by atoms with Crippen LogP contribution in [0, 0.1) is 17.2 Å². The van der Waals surface area contributed by atoms with Gasteiger partial charge in [0.2, 0.25) is 11.9 Å². The lowest BCUT2D eigenvalue weighted by molar-refractivity contribution is -0.118. The lowest BCUT2D eigenvalue weighted by atomic mass is 10.1. The van der Waals surface area contributed by atoms with E-state index >= 15 is 0 Å². The molecule has 2 N–H and O–H groups in total. The number of carbonyl (C=O) groups is 1. The molecule has 53 heavy (non-hydrogen) atoms. The summed E-state index contributed by atoms with van der Waals surface area (Å²) in [5.74, 6) is -0.632. The molecular formula is C35H62N7O8PSi2. The van der Waals surface area contributed by atoms with Crippen LogP contribution in [0.1, 0.15) is 110 Å². The van der Waals surface area contributed by atoms with Gasteiger partial charge in [-0.25, -0.2) is 9.65 Å². The van der Waals surface area contributed by atoms with Crippen LogP contribution in [0.3, 0.4) is 0 Å². The maximum Gasteiger partial charge on any atom is 0.335 e. The van der Waals surface area contributed by atoms with Crippen LogP contribution in [0.15, 0.2) is 11.1 Å². The van der Waals surface area contributed by atoms with E-state index in [0.29, 0.717) is 0 Å². The quantitative estimate of drug-likeness (QED) is 0.105. The molecule has 298 valence electrons. The fourth-order valence-corrected chi connectivity index (χ4v) is 20.2. The molecule has 4 heterocycles. The number of hydrogen-bond acceptors (Lipinski definition) is 12. The Morgan fingerprint density at radius 3 is 2.17 bits per heavy atom. The first kappa shape index (κ1) is 43.6. The molecule has 2 aromatic heterocycles. The molecule has 0 bridgehead atoms. The third-order valence-electron chi connectivity index (χ3n) is 9.96. The highest BCUT2D eigenvalue weighted by Crippen LogP contribution is 2.54. The first-order valence-corrected chi connectivity index (χ1v) is 24.1. The molecule has 15 nitrogen and oxygen atoms in total. The Morgan fingerprint density at radius 2 is 1.64 bits per heavy atom. The number of aromatic amines is 1. The number of nitrogens with one attached hydrogen (secondary N) is 2. The maximum absolute atomic E-state index is 13.3. The van der Waals surface area contributed by atoms with Crippen LogP contribution in [-0.2, 0) is 31.5 Å². The van der Waals surface area contributed by atoms with E-state index in [2.05, 4.69) is 114 Å².